The highest BCUT2D eigenvalue weighted by molar-refractivity contribution is 6.31. The quantitative estimate of drug-likeness (QED) is 0.902. The van der Waals surface area contributed by atoms with E-state index in [9.17, 15) is 0 Å². The highest BCUT2D eigenvalue weighted by Crippen LogP contribution is 2.24. The van der Waals surface area contributed by atoms with E-state index in [0.29, 0.717) is 5.92 Å². The van der Waals surface area contributed by atoms with Crippen LogP contribution in [-0.4, -0.2) is 32.8 Å². The number of rotatable bonds is 5. The maximum atomic E-state index is 6.41. The van der Waals surface area contributed by atoms with E-state index >= 15 is 0 Å². The van der Waals surface area contributed by atoms with Crippen molar-refractivity contribution in [3.05, 3.63) is 28.8 Å². The van der Waals surface area contributed by atoms with Crippen molar-refractivity contribution in [2.75, 3.05) is 37.7 Å². The number of halogens is 1. The Morgan fingerprint density at radius 1 is 1.30 bits per heavy atom. The molecule has 0 amide bonds. The van der Waals surface area contributed by atoms with E-state index in [1.807, 2.05) is 0 Å². The van der Waals surface area contributed by atoms with E-state index in [2.05, 4.69) is 42.3 Å². The van der Waals surface area contributed by atoms with Crippen molar-refractivity contribution < 1.29 is 4.74 Å². The Morgan fingerprint density at radius 2 is 2.15 bits per heavy atom. The molecule has 2 rings (SSSR count). The van der Waals surface area contributed by atoms with Gasteiger partial charge in [0, 0.05) is 37.0 Å². The van der Waals surface area contributed by atoms with Crippen LogP contribution in [0.25, 0.3) is 0 Å². The average Bonchev–Trinajstić information content (AvgIpc) is 2.69. The summed E-state index contributed by atoms with van der Waals surface area (Å²) < 4.78 is 5.49. The summed E-state index contributed by atoms with van der Waals surface area (Å²) in [6, 6.07) is 6.39. The highest BCUT2D eigenvalue weighted by Gasteiger charge is 2.11. The minimum atomic E-state index is 0.658. The molecule has 0 unspecified atom stereocenters. The lowest BCUT2D eigenvalue weighted by molar-refractivity contribution is 0.152. The molecule has 1 saturated heterocycles. The van der Waals surface area contributed by atoms with Crippen LogP contribution in [0.15, 0.2) is 18.2 Å². The Kier molecular flexibility index (Phi) is 6.14. The van der Waals surface area contributed by atoms with Crippen LogP contribution in [0, 0.1) is 5.92 Å². The molecule has 1 aliphatic rings. The van der Waals surface area contributed by atoms with Crippen LogP contribution in [0.2, 0.25) is 5.02 Å². The lowest BCUT2D eigenvalue weighted by atomic mass is 10.1. The smallest absolute Gasteiger partial charge is 0.0641 e. The van der Waals surface area contributed by atoms with Crippen LogP contribution >= 0.6 is 11.6 Å². The summed E-state index contributed by atoms with van der Waals surface area (Å²) in [7, 11) is 0. The molecule has 0 radical (unpaired) electrons. The Labute approximate surface area is 127 Å². The number of anilines is 1. The minimum absolute atomic E-state index is 0.658. The molecule has 4 heteroatoms. The molecule has 1 aromatic rings. The molecule has 0 atom stereocenters. The summed E-state index contributed by atoms with van der Waals surface area (Å²) in [5.74, 6) is 0.658. The van der Waals surface area contributed by atoms with Gasteiger partial charge >= 0.3 is 0 Å². The van der Waals surface area contributed by atoms with E-state index in [1.54, 1.807) is 0 Å². The first-order chi connectivity index (χ1) is 9.66. The van der Waals surface area contributed by atoms with Crippen molar-refractivity contribution in [1.29, 1.82) is 0 Å². The number of benzene rings is 1. The SMILES string of the molecule is CC(C)CNCc1ccc(N2CCCOCC2)cc1Cl. The maximum Gasteiger partial charge on any atom is 0.0641 e. The molecule has 3 nitrogen and oxygen atoms in total. The number of hydrogen-bond donors (Lipinski definition) is 1. The fourth-order valence-corrected chi connectivity index (χ4v) is 2.62. The minimum Gasteiger partial charge on any atom is -0.380 e. The summed E-state index contributed by atoms with van der Waals surface area (Å²) in [5, 5.41) is 4.28. The molecular weight excluding hydrogens is 272 g/mol. The van der Waals surface area contributed by atoms with E-state index in [0.717, 1.165) is 50.8 Å². The predicted octanol–water partition coefficient (Wildman–Crippen LogP) is 3.31. The summed E-state index contributed by atoms with van der Waals surface area (Å²) in [6.45, 7) is 9.92. The number of nitrogens with one attached hydrogen (secondary N) is 1. The third-order valence-corrected chi connectivity index (χ3v) is 3.84. The van der Waals surface area contributed by atoms with Crippen LogP contribution in [0.1, 0.15) is 25.8 Å². The molecule has 0 aliphatic carbocycles. The summed E-state index contributed by atoms with van der Waals surface area (Å²) in [4.78, 5) is 2.35. The normalized spacial score (nSPS) is 16.5. The summed E-state index contributed by atoms with van der Waals surface area (Å²) >= 11 is 6.41. The monoisotopic (exact) mass is 296 g/mol. The van der Waals surface area contributed by atoms with Crippen molar-refractivity contribution in [2.24, 2.45) is 5.92 Å². The fraction of sp³-hybridized carbons (Fsp3) is 0.625. The molecule has 0 bridgehead atoms. The van der Waals surface area contributed by atoms with Gasteiger partial charge in [-0.05, 0) is 36.6 Å². The summed E-state index contributed by atoms with van der Waals surface area (Å²) in [5.41, 5.74) is 2.37. The number of hydrogen-bond acceptors (Lipinski definition) is 3. The highest BCUT2D eigenvalue weighted by atomic mass is 35.5. The van der Waals surface area contributed by atoms with Crippen molar-refractivity contribution in [3.8, 4) is 0 Å². The molecule has 1 aliphatic heterocycles. The third-order valence-electron chi connectivity index (χ3n) is 3.49. The van der Waals surface area contributed by atoms with Crippen LogP contribution in [0.3, 0.4) is 0 Å². The Hall–Kier alpha value is -0.770. The molecule has 1 fully saturated rings. The average molecular weight is 297 g/mol. The number of nitrogens with zero attached hydrogens (tertiary/aromatic N) is 1. The zero-order valence-corrected chi connectivity index (χ0v) is 13.2. The van der Waals surface area contributed by atoms with Crippen LogP contribution < -0.4 is 10.2 Å². The van der Waals surface area contributed by atoms with Gasteiger partial charge in [0.2, 0.25) is 0 Å². The van der Waals surface area contributed by atoms with E-state index < -0.39 is 0 Å². The van der Waals surface area contributed by atoms with Crippen molar-refractivity contribution in [1.82, 2.24) is 5.32 Å². The van der Waals surface area contributed by atoms with Gasteiger partial charge < -0.3 is 15.0 Å². The van der Waals surface area contributed by atoms with Gasteiger partial charge in [0.15, 0.2) is 0 Å². The van der Waals surface area contributed by atoms with Gasteiger partial charge in [-0.3, -0.25) is 0 Å². The predicted molar refractivity (Wildman–Crippen MR) is 85.6 cm³/mol. The number of ether oxygens (including phenoxy) is 1. The zero-order valence-electron chi connectivity index (χ0n) is 12.5. The third kappa shape index (κ3) is 4.65. The topological polar surface area (TPSA) is 24.5 Å². The Morgan fingerprint density at radius 3 is 2.90 bits per heavy atom. The molecule has 0 aromatic heterocycles. The van der Waals surface area contributed by atoms with Crippen LogP contribution in [0.5, 0.6) is 0 Å². The van der Waals surface area contributed by atoms with Gasteiger partial charge in [-0.2, -0.15) is 0 Å². The second-order valence-corrected chi connectivity index (χ2v) is 6.16. The van der Waals surface area contributed by atoms with Gasteiger partial charge in [-0.1, -0.05) is 31.5 Å². The van der Waals surface area contributed by atoms with Crippen molar-refractivity contribution in [2.45, 2.75) is 26.8 Å². The first kappa shape index (κ1) is 15.6. The van der Waals surface area contributed by atoms with Gasteiger partial charge in [0.1, 0.15) is 0 Å². The first-order valence-electron chi connectivity index (χ1n) is 7.48. The van der Waals surface area contributed by atoms with Crippen LogP contribution in [-0.2, 0) is 11.3 Å². The largest absolute Gasteiger partial charge is 0.380 e. The Bertz CT molecular complexity index is 415. The van der Waals surface area contributed by atoms with Gasteiger partial charge in [0.25, 0.3) is 0 Å². The van der Waals surface area contributed by atoms with E-state index in [4.69, 9.17) is 16.3 Å². The van der Waals surface area contributed by atoms with Crippen LogP contribution in [0.4, 0.5) is 5.69 Å². The summed E-state index contributed by atoms with van der Waals surface area (Å²) in [6.07, 6.45) is 1.08. The van der Waals surface area contributed by atoms with E-state index in [-0.39, 0.29) is 0 Å². The lowest BCUT2D eigenvalue weighted by Crippen LogP contribution is -2.26. The standard InChI is InChI=1S/C16H25ClN2O/c1-13(2)11-18-12-14-4-5-15(10-16(14)17)19-6-3-8-20-9-7-19/h4-5,10,13,18H,3,6-9,11-12H2,1-2H3. The molecule has 1 N–H and O–H groups in total. The maximum absolute atomic E-state index is 6.41. The molecule has 1 aromatic carbocycles. The van der Waals surface area contributed by atoms with Crippen molar-refractivity contribution >= 4 is 17.3 Å². The fourth-order valence-electron chi connectivity index (χ4n) is 2.38. The van der Waals surface area contributed by atoms with Gasteiger partial charge in [-0.25, -0.2) is 0 Å². The van der Waals surface area contributed by atoms with Gasteiger partial charge in [-0.15, -0.1) is 0 Å². The molecule has 112 valence electrons. The van der Waals surface area contributed by atoms with Gasteiger partial charge in [0.05, 0.1) is 6.61 Å². The Balaban J connectivity index is 1.97. The molecule has 1 heterocycles. The van der Waals surface area contributed by atoms with E-state index in [1.165, 1.54) is 11.3 Å². The van der Waals surface area contributed by atoms with Crippen molar-refractivity contribution in [3.63, 3.8) is 0 Å². The second-order valence-electron chi connectivity index (χ2n) is 5.75. The zero-order chi connectivity index (χ0) is 14.4. The second kappa shape index (κ2) is 7.87. The molecular formula is C16H25ClN2O. The lowest BCUT2D eigenvalue weighted by Gasteiger charge is -2.22. The molecule has 0 saturated carbocycles. The molecule has 20 heavy (non-hydrogen) atoms. The first-order valence-corrected chi connectivity index (χ1v) is 7.86. The molecule has 0 spiro atoms.